The van der Waals surface area contributed by atoms with E-state index in [9.17, 15) is 0 Å². The fraction of sp³-hybridized carbons (Fsp3) is 0.294. The van der Waals surface area contributed by atoms with E-state index in [1.807, 2.05) is 0 Å². The Labute approximate surface area is 117 Å². The molecule has 2 aromatic rings. The molecule has 0 N–H and O–H groups in total. The SMILES string of the molecule is Cc1ccc2c(c1)C(C)(C)c1cc(C)cc(Br)c1-2. The van der Waals surface area contributed by atoms with Gasteiger partial charge in [-0.3, -0.25) is 0 Å². The molecule has 0 amide bonds. The summed E-state index contributed by atoms with van der Waals surface area (Å²) in [5, 5.41) is 0. The Morgan fingerprint density at radius 3 is 2.28 bits per heavy atom. The summed E-state index contributed by atoms with van der Waals surface area (Å²) in [6.45, 7) is 8.97. The standard InChI is InChI=1S/C17H17Br/c1-10-5-6-12-13(7-10)17(3,4)14-8-11(2)9-15(18)16(12)14/h5-9H,1-4H3. The molecule has 2 aromatic carbocycles. The van der Waals surface area contributed by atoms with Crippen LogP contribution in [0.4, 0.5) is 0 Å². The van der Waals surface area contributed by atoms with E-state index in [-0.39, 0.29) is 5.41 Å². The number of halogens is 1. The van der Waals surface area contributed by atoms with Gasteiger partial charge in [0, 0.05) is 15.5 Å². The molecule has 0 radical (unpaired) electrons. The van der Waals surface area contributed by atoms with Crippen molar-refractivity contribution in [3.8, 4) is 11.1 Å². The van der Waals surface area contributed by atoms with Gasteiger partial charge in [-0.25, -0.2) is 0 Å². The number of hydrogen-bond donors (Lipinski definition) is 0. The molecule has 92 valence electrons. The van der Waals surface area contributed by atoms with Crippen LogP contribution >= 0.6 is 15.9 Å². The molecule has 0 spiro atoms. The summed E-state index contributed by atoms with van der Waals surface area (Å²) < 4.78 is 1.22. The van der Waals surface area contributed by atoms with E-state index in [0.29, 0.717) is 0 Å². The first-order chi connectivity index (χ1) is 8.41. The van der Waals surface area contributed by atoms with Crippen molar-refractivity contribution >= 4 is 15.9 Å². The minimum atomic E-state index is 0.102. The molecule has 0 aromatic heterocycles. The van der Waals surface area contributed by atoms with Crippen LogP contribution in [0.2, 0.25) is 0 Å². The van der Waals surface area contributed by atoms with Gasteiger partial charge in [0.2, 0.25) is 0 Å². The average Bonchev–Trinajstić information content (AvgIpc) is 2.49. The fourth-order valence-corrected chi connectivity index (χ4v) is 3.84. The van der Waals surface area contributed by atoms with Crippen LogP contribution in [0.3, 0.4) is 0 Å². The van der Waals surface area contributed by atoms with Crippen LogP contribution in [0.15, 0.2) is 34.8 Å². The molecule has 0 bridgehead atoms. The van der Waals surface area contributed by atoms with Gasteiger partial charge in [-0.2, -0.15) is 0 Å². The molecule has 3 rings (SSSR count). The topological polar surface area (TPSA) is 0 Å². The maximum atomic E-state index is 3.74. The zero-order valence-corrected chi connectivity index (χ0v) is 12.9. The summed E-state index contributed by atoms with van der Waals surface area (Å²) in [7, 11) is 0. The number of hydrogen-bond acceptors (Lipinski definition) is 0. The third kappa shape index (κ3) is 1.50. The van der Waals surface area contributed by atoms with Crippen LogP contribution in [0.1, 0.15) is 36.1 Å². The largest absolute Gasteiger partial charge is 0.0587 e. The molecule has 0 fully saturated rings. The molecule has 18 heavy (non-hydrogen) atoms. The molecule has 0 saturated heterocycles. The van der Waals surface area contributed by atoms with Gasteiger partial charge in [0.05, 0.1) is 0 Å². The molecule has 0 saturated carbocycles. The zero-order valence-electron chi connectivity index (χ0n) is 11.3. The minimum Gasteiger partial charge on any atom is -0.0587 e. The molecule has 1 aliphatic carbocycles. The number of aryl methyl sites for hydroxylation is 2. The van der Waals surface area contributed by atoms with Gasteiger partial charge in [-0.15, -0.1) is 0 Å². The molecule has 0 atom stereocenters. The quantitative estimate of drug-likeness (QED) is 0.613. The van der Waals surface area contributed by atoms with Gasteiger partial charge in [-0.05, 0) is 42.2 Å². The van der Waals surface area contributed by atoms with Crippen molar-refractivity contribution in [2.75, 3.05) is 0 Å². The summed E-state index contributed by atoms with van der Waals surface area (Å²) in [5.41, 5.74) is 8.40. The maximum Gasteiger partial charge on any atom is 0.0259 e. The lowest BCUT2D eigenvalue weighted by Crippen LogP contribution is -2.15. The van der Waals surface area contributed by atoms with Crippen molar-refractivity contribution in [3.63, 3.8) is 0 Å². The van der Waals surface area contributed by atoms with Gasteiger partial charge in [0.15, 0.2) is 0 Å². The van der Waals surface area contributed by atoms with Crippen molar-refractivity contribution in [2.24, 2.45) is 0 Å². The second-order valence-electron chi connectivity index (χ2n) is 5.84. The third-order valence-electron chi connectivity index (χ3n) is 4.03. The Balaban J connectivity index is 2.42. The molecule has 1 heteroatoms. The molecule has 1 aliphatic rings. The Morgan fingerprint density at radius 1 is 0.889 bits per heavy atom. The highest BCUT2D eigenvalue weighted by Gasteiger charge is 2.36. The lowest BCUT2D eigenvalue weighted by Gasteiger charge is -2.22. The monoisotopic (exact) mass is 300 g/mol. The van der Waals surface area contributed by atoms with E-state index in [4.69, 9.17) is 0 Å². The first-order valence-corrected chi connectivity index (χ1v) is 7.12. The predicted octanol–water partition coefficient (Wildman–Crippen LogP) is 5.37. The highest BCUT2D eigenvalue weighted by atomic mass is 79.9. The Morgan fingerprint density at radius 2 is 1.56 bits per heavy atom. The number of benzene rings is 2. The van der Waals surface area contributed by atoms with Gasteiger partial charge in [0.25, 0.3) is 0 Å². The summed E-state index contributed by atoms with van der Waals surface area (Å²) in [5.74, 6) is 0. The van der Waals surface area contributed by atoms with E-state index < -0.39 is 0 Å². The third-order valence-corrected chi connectivity index (χ3v) is 4.65. The summed E-state index contributed by atoms with van der Waals surface area (Å²) in [6.07, 6.45) is 0. The average molecular weight is 301 g/mol. The van der Waals surface area contributed by atoms with E-state index in [1.54, 1.807) is 0 Å². The highest BCUT2D eigenvalue weighted by Crippen LogP contribution is 2.51. The Kier molecular flexibility index (Phi) is 2.47. The van der Waals surface area contributed by atoms with E-state index in [1.165, 1.54) is 37.9 Å². The summed E-state index contributed by atoms with van der Waals surface area (Å²) >= 11 is 3.74. The van der Waals surface area contributed by atoms with Gasteiger partial charge >= 0.3 is 0 Å². The maximum absolute atomic E-state index is 3.74. The minimum absolute atomic E-state index is 0.102. The predicted molar refractivity (Wildman–Crippen MR) is 81.2 cm³/mol. The molecule has 0 unspecified atom stereocenters. The normalized spacial score (nSPS) is 15.4. The van der Waals surface area contributed by atoms with Crippen LogP contribution < -0.4 is 0 Å². The molecule has 0 aliphatic heterocycles. The van der Waals surface area contributed by atoms with Crippen LogP contribution in [0.5, 0.6) is 0 Å². The number of fused-ring (bicyclic) bond motifs is 3. The molecule has 0 heterocycles. The summed E-state index contributed by atoms with van der Waals surface area (Å²) in [6, 6.07) is 11.3. The summed E-state index contributed by atoms with van der Waals surface area (Å²) in [4.78, 5) is 0. The van der Waals surface area contributed by atoms with Crippen molar-refractivity contribution in [3.05, 3.63) is 57.1 Å². The first kappa shape index (κ1) is 12.0. The van der Waals surface area contributed by atoms with Crippen LogP contribution in [0, 0.1) is 13.8 Å². The van der Waals surface area contributed by atoms with Gasteiger partial charge in [-0.1, -0.05) is 59.6 Å². The Bertz CT molecular complexity index is 651. The lowest BCUT2D eigenvalue weighted by molar-refractivity contribution is 0.659. The van der Waals surface area contributed by atoms with Crippen LogP contribution in [-0.4, -0.2) is 0 Å². The molecule has 0 nitrogen and oxygen atoms in total. The van der Waals surface area contributed by atoms with Gasteiger partial charge in [0.1, 0.15) is 0 Å². The van der Waals surface area contributed by atoms with Crippen molar-refractivity contribution in [2.45, 2.75) is 33.1 Å². The van der Waals surface area contributed by atoms with Gasteiger partial charge < -0.3 is 0 Å². The highest BCUT2D eigenvalue weighted by molar-refractivity contribution is 9.10. The fourth-order valence-electron chi connectivity index (χ4n) is 3.05. The second-order valence-corrected chi connectivity index (χ2v) is 6.70. The molecular weight excluding hydrogens is 284 g/mol. The van der Waals surface area contributed by atoms with Crippen molar-refractivity contribution < 1.29 is 0 Å². The second kappa shape index (κ2) is 3.71. The smallest absolute Gasteiger partial charge is 0.0259 e. The van der Waals surface area contributed by atoms with Crippen LogP contribution in [-0.2, 0) is 5.41 Å². The zero-order chi connectivity index (χ0) is 13.1. The lowest BCUT2D eigenvalue weighted by atomic mass is 9.81. The number of rotatable bonds is 0. The van der Waals surface area contributed by atoms with E-state index in [2.05, 4.69) is 74.0 Å². The van der Waals surface area contributed by atoms with Crippen molar-refractivity contribution in [1.82, 2.24) is 0 Å². The van der Waals surface area contributed by atoms with Crippen molar-refractivity contribution in [1.29, 1.82) is 0 Å². The first-order valence-electron chi connectivity index (χ1n) is 6.33. The van der Waals surface area contributed by atoms with E-state index in [0.717, 1.165) is 0 Å². The Hall–Kier alpha value is -1.08. The molecular formula is C17H17Br. The van der Waals surface area contributed by atoms with Crippen LogP contribution in [0.25, 0.3) is 11.1 Å². The van der Waals surface area contributed by atoms with E-state index >= 15 is 0 Å².